The number of hydrogen-bond donors (Lipinski definition) is 0. The van der Waals surface area contributed by atoms with Crippen molar-refractivity contribution in [2.45, 2.75) is 32.6 Å². The molecule has 4 rings (SSSR count). The smallest absolute Gasteiger partial charge is 0.268 e. The second-order valence-electron chi connectivity index (χ2n) is 8.84. The van der Waals surface area contributed by atoms with E-state index in [9.17, 15) is 14.4 Å². The fraction of sp³-hybridized carbons (Fsp3) is 0.321. The fourth-order valence-electron chi connectivity index (χ4n) is 4.45. The zero-order valence-electron chi connectivity index (χ0n) is 20.6. The zero-order valence-corrected chi connectivity index (χ0v) is 20.6. The maximum absolute atomic E-state index is 13.6. The van der Waals surface area contributed by atoms with E-state index >= 15 is 0 Å². The molecule has 0 atom stereocenters. The average Bonchev–Trinajstić information content (AvgIpc) is 2.87. The van der Waals surface area contributed by atoms with Crippen molar-refractivity contribution in [1.29, 1.82) is 0 Å². The van der Waals surface area contributed by atoms with Crippen molar-refractivity contribution in [2.24, 2.45) is 0 Å². The molecule has 0 bridgehead atoms. The number of ether oxygens (including phenoxy) is 2. The third-order valence-electron chi connectivity index (χ3n) is 6.47. The number of aromatic nitrogens is 1. The Kier molecular flexibility index (Phi) is 7.05. The van der Waals surface area contributed by atoms with Gasteiger partial charge in [-0.05, 0) is 62.1 Å². The summed E-state index contributed by atoms with van der Waals surface area (Å²) in [6.07, 6.45) is 2.30. The van der Waals surface area contributed by atoms with Gasteiger partial charge in [0.15, 0.2) is 17.3 Å². The summed E-state index contributed by atoms with van der Waals surface area (Å²) in [5, 5.41) is 0. The Morgan fingerprint density at radius 1 is 0.971 bits per heavy atom. The van der Waals surface area contributed by atoms with Gasteiger partial charge in [-0.15, -0.1) is 0 Å². The van der Waals surface area contributed by atoms with Crippen LogP contribution in [0.1, 0.15) is 50.4 Å². The van der Waals surface area contributed by atoms with E-state index in [4.69, 9.17) is 9.47 Å². The largest absolute Gasteiger partial charge is 0.493 e. The molecule has 0 saturated carbocycles. The number of aryl methyl sites for hydroxylation is 1. The van der Waals surface area contributed by atoms with Gasteiger partial charge < -0.3 is 14.4 Å². The predicted octanol–water partition coefficient (Wildman–Crippen LogP) is 4.00. The lowest BCUT2D eigenvalue weighted by molar-refractivity contribution is 0.0794. The summed E-state index contributed by atoms with van der Waals surface area (Å²) >= 11 is 0. The number of hydrogen-bond acceptors (Lipinski definition) is 5. The SMILES string of the molecule is COc1ccc(CCN(C)C(=O)c2cc3c(n(-c4ccc(C)cc4)c2=O)CCCC3=O)cc1OC. The lowest BCUT2D eigenvalue weighted by atomic mass is 9.92. The average molecular weight is 475 g/mol. The number of amides is 1. The molecule has 1 aliphatic carbocycles. The monoisotopic (exact) mass is 474 g/mol. The van der Waals surface area contributed by atoms with E-state index in [0.717, 1.165) is 11.1 Å². The Labute approximate surface area is 204 Å². The molecule has 0 aliphatic heterocycles. The van der Waals surface area contributed by atoms with Crippen LogP contribution in [-0.2, 0) is 12.8 Å². The summed E-state index contributed by atoms with van der Waals surface area (Å²) < 4.78 is 12.2. The number of nitrogens with zero attached hydrogens (tertiary/aromatic N) is 2. The maximum Gasteiger partial charge on any atom is 0.268 e. The molecule has 3 aromatic rings. The predicted molar refractivity (Wildman–Crippen MR) is 134 cm³/mol. The van der Waals surface area contributed by atoms with Crippen LogP contribution in [0.25, 0.3) is 5.69 Å². The molecule has 182 valence electrons. The standard InChI is InChI=1S/C28H30N2O5/c1-18-8-11-20(12-9-18)30-23-6-5-7-24(31)21(23)17-22(28(30)33)27(32)29(2)15-14-19-10-13-25(34-3)26(16-19)35-4/h8-13,16-17H,5-7,14-15H2,1-4H3. The second-order valence-corrected chi connectivity index (χ2v) is 8.84. The summed E-state index contributed by atoms with van der Waals surface area (Å²) in [4.78, 5) is 41.2. The Bertz CT molecular complexity index is 1320. The van der Waals surface area contributed by atoms with Crippen LogP contribution in [0.3, 0.4) is 0 Å². The molecule has 0 unspecified atom stereocenters. The number of ketones is 1. The highest BCUT2D eigenvalue weighted by Gasteiger charge is 2.27. The van der Waals surface area contributed by atoms with Gasteiger partial charge in [-0.25, -0.2) is 0 Å². The van der Waals surface area contributed by atoms with Crippen LogP contribution in [-0.4, -0.2) is 49.0 Å². The van der Waals surface area contributed by atoms with Crippen LogP contribution in [0.4, 0.5) is 0 Å². The number of pyridine rings is 1. The molecule has 0 spiro atoms. The number of carbonyl (C=O) groups excluding carboxylic acids is 2. The molecule has 0 saturated heterocycles. The molecule has 7 nitrogen and oxygen atoms in total. The molecule has 0 N–H and O–H groups in total. The van der Waals surface area contributed by atoms with Crippen LogP contribution < -0.4 is 15.0 Å². The van der Waals surface area contributed by atoms with E-state index in [0.29, 0.717) is 60.7 Å². The van der Waals surface area contributed by atoms with Crippen molar-refractivity contribution in [2.75, 3.05) is 27.8 Å². The van der Waals surface area contributed by atoms with Crippen LogP contribution >= 0.6 is 0 Å². The van der Waals surface area contributed by atoms with Crippen molar-refractivity contribution in [3.05, 3.63) is 86.8 Å². The molecule has 1 aliphatic rings. The number of fused-ring (bicyclic) bond motifs is 1. The maximum atomic E-state index is 13.6. The summed E-state index contributed by atoms with van der Waals surface area (Å²) in [5.41, 5.74) is 3.45. The highest BCUT2D eigenvalue weighted by molar-refractivity contribution is 6.01. The normalized spacial score (nSPS) is 12.7. The van der Waals surface area contributed by atoms with E-state index in [1.165, 1.54) is 11.0 Å². The molecular weight excluding hydrogens is 444 g/mol. The van der Waals surface area contributed by atoms with Gasteiger partial charge in [0, 0.05) is 37.0 Å². The minimum absolute atomic E-state index is 0.00869. The van der Waals surface area contributed by atoms with E-state index in [-0.39, 0.29) is 11.3 Å². The summed E-state index contributed by atoms with van der Waals surface area (Å²) in [5.74, 6) is 0.816. The highest BCUT2D eigenvalue weighted by atomic mass is 16.5. The number of carbonyl (C=O) groups is 2. The van der Waals surface area contributed by atoms with E-state index in [2.05, 4.69) is 0 Å². The van der Waals surface area contributed by atoms with Gasteiger partial charge in [-0.3, -0.25) is 19.0 Å². The minimum Gasteiger partial charge on any atom is -0.493 e. The minimum atomic E-state index is -0.405. The molecule has 1 amide bonds. The Morgan fingerprint density at radius 3 is 2.37 bits per heavy atom. The van der Waals surface area contributed by atoms with E-state index in [1.54, 1.807) is 25.8 Å². The van der Waals surface area contributed by atoms with Crippen LogP contribution in [0.15, 0.2) is 53.3 Å². The van der Waals surface area contributed by atoms with Gasteiger partial charge in [0.05, 0.1) is 14.2 Å². The summed E-state index contributed by atoms with van der Waals surface area (Å²) in [6, 6.07) is 14.7. The lowest BCUT2D eigenvalue weighted by Crippen LogP contribution is -2.37. The molecule has 2 aromatic carbocycles. The van der Waals surface area contributed by atoms with Gasteiger partial charge in [0.25, 0.3) is 11.5 Å². The van der Waals surface area contributed by atoms with E-state index in [1.807, 2.05) is 49.4 Å². The number of likely N-dealkylation sites (N-methyl/N-ethyl adjacent to an activating group) is 1. The highest BCUT2D eigenvalue weighted by Crippen LogP contribution is 2.28. The molecule has 35 heavy (non-hydrogen) atoms. The van der Waals surface area contributed by atoms with Crippen LogP contribution in [0, 0.1) is 6.92 Å². The summed E-state index contributed by atoms with van der Waals surface area (Å²) in [6.45, 7) is 2.36. The van der Waals surface area contributed by atoms with Gasteiger partial charge >= 0.3 is 0 Å². The zero-order chi connectivity index (χ0) is 25.1. The van der Waals surface area contributed by atoms with Gasteiger partial charge in [0.1, 0.15) is 5.56 Å². The van der Waals surface area contributed by atoms with Crippen molar-refractivity contribution in [3.63, 3.8) is 0 Å². The molecular formula is C28H30N2O5. The topological polar surface area (TPSA) is 77.8 Å². The first-order valence-electron chi connectivity index (χ1n) is 11.7. The molecule has 0 radical (unpaired) electrons. The van der Waals surface area contributed by atoms with E-state index < -0.39 is 11.5 Å². The number of rotatable bonds is 7. The molecule has 7 heteroatoms. The van der Waals surface area contributed by atoms with Crippen LogP contribution in [0.2, 0.25) is 0 Å². The first-order chi connectivity index (χ1) is 16.8. The molecule has 0 fully saturated rings. The number of methoxy groups -OCH3 is 2. The van der Waals surface area contributed by atoms with Gasteiger partial charge in [0.2, 0.25) is 0 Å². The number of Topliss-reactive ketones (excluding diaryl/α,β-unsaturated/α-hetero) is 1. The third kappa shape index (κ3) is 4.85. The molecule has 1 heterocycles. The van der Waals surface area contributed by atoms with Crippen molar-refractivity contribution >= 4 is 11.7 Å². The Hall–Kier alpha value is -3.87. The van der Waals surface area contributed by atoms with Gasteiger partial charge in [-0.1, -0.05) is 23.8 Å². The first kappa shape index (κ1) is 24.3. The van der Waals surface area contributed by atoms with Crippen molar-refractivity contribution in [3.8, 4) is 17.2 Å². The second kappa shape index (κ2) is 10.2. The Balaban J connectivity index is 1.66. The Morgan fingerprint density at radius 2 is 1.69 bits per heavy atom. The third-order valence-corrected chi connectivity index (χ3v) is 6.47. The number of benzene rings is 2. The van der Waals surface area contributed by atoms with Crippen molar-refractivity contribution in [1.82, 2.24) is 9.47 Å². The summed E-state index contributed by atoms with van der Waals surface area (Å²) in [7, 11) is 4.82. The van der Waals surface area contributed by atoms with Crippen molar-refractivity contribution < 1.29 is 19.1 Å². The van der Waals surface area contributed by atoms with Crippen LogP contribution in [0.5, 0.6) is 11.5 Å². The van der Waals surface area contributed by atoms with Gasteiger partial charge in [-0.2, -0.15) is 0 Å². The first-order valence-corrected chi connectivity index (χ1v) is 11.7. The lowest BCUT2D eigenvalue weighted by Gasteiger charge is -2.23. The fourth-order valence-corrected chi connectivity index (χ4v) is 4.45. The molecule has 1 aromatic heterocycles. The quantitative estimate of drug-likeness (QED) is 0.517.